The molecule has 0 aromatic carbocycles. The predicted molar refractivity (Wildman–Crippen MR) is 72.2 cm³/mol. The SMILES string of the molecule is CC(C)n1cc(Br)cc1C(=O)N(C)CC1CC1. The lowest BCUT2D eigenvalue weighted by atomic mass is 10.3. The van der Waals surface area contributed by atoms with Gasteiger partial charge < -0.3 is 9.47 Å². The molecule has 94 valence electrons. The zero-order valence-corrected chi connectivity index (χ0v) is 12.2. The third kappa shape index (κ3) is 2.92. The number of hydrogen-bond acceptors (Lipinski definition) is 1. The number of aromatic nitrogens is 1. The van der Waals surface area contributed by atoms with Crippen molar-refractivity contribution in [2.75, 3.05) is 13.6 Å². The molecule has 17 heavy (non-hydrogen) atoms. The van der Waals surface area contributed by atoms with E-state index in [2.05, 4.69) is 29.8 Å². The van der Waals surface area contributed by atoms with Gasteiger partial charge in [0.2, 0.25) is 0 Å². The number of nitrogens with zero attached hydrogens (tertiary/aromatic N) is 2. The molecule has 4 heteroatoms. The molecule has 1 fully saturated rings. The van der Waals surface area contributed by atoms with Crippen molar-refractivity contribution in [2.45, 2.75) is 32.7 Å². The van der Waals surface area contributed by atoms with Crippen LogP contribution in [0.25, 0.3) is 0 Å². The van der Waals surface area contributed by atoms with Crippen molar-refractivity contribution in [3.8, 4) is 0 Å². The normalized spacial score (nSPS) is 15.4. The molecular weight excluding hydrogens is 280 g/mol. The van der Waals surface area contributed by atoms with Crippen molar-refractivity contribution in [1.29, 1.82) is 0 Å². The van der Waals surface area contributed by atoms with E-state index in [0.29, 0.717) is 6.04 Å². The van der Waals surface area contributed by atoms with Crippen LogP contribution in [0.1, 0.15) is 43.2 Å². The Hall–Kier alpha value is -0.770. The van der Waals surface area contributed by atoms with Crippen molar-refractivity contribution in [3.05, 3.63) is 22.4 Å². The molecule has 0 bridgehead atoms. The smallest absolute Gasteiger partial charge is 0.270 e. The Labute approximate surface area is 111 Å². The number of hydrogen-bond donors (Lipinski definition) is 0. The molecule has 1 aliphatic rings. The lowest BCUT2D eigenvalue weighted by Crippen LogP contribution is -2.30. The Morgan fingerprint density at radius 3 is 2.76 bits per heavy atom. The van der Waals surface area contributed by atoms with E-state index in [1.54, 1.807) is 0 Å². The molecule has 1 aromatic heterocycles. The van der Waals surface area contributed by atoms with Crippen LogP contribution < -0.4 is 0 Å². The molecule has 1 amide bonds. The Morgan fingerprint density at radius 1 is 1.59 bits per heavy atom. The molecule has 3 nitrogen and oxygen atoms in total. The molecule has 0 unspecified atom stereocenters. The minimum absolute atomic E-state index is 0.122. The van der Waals surface area contributed by atoms with Gasteiger partial charge in [-0.3, -0.25) is 4.79 Å². The third-order valence-corrected chi connectivity index (χ3v) is 3.60. The second-order valence-corrected chi connectivity index (χ2v) is 6.09. The highest BCUT2D eigenvalue weighted by Gasteiger charge is 2.26. The lowest BCUT2D eigenvalue weighted by molar-refractivity contribution is 0.0776. The summed E-state index contributed by atoms with van der Waals surface area (Å²) in [6, 6.07) is 2.21. The van der Waals surface area contributed by atoms with Crippen molar-refractivity contribution >= 4 is 21.8 Å². The first-order valence-corrected chi connectivity index (χ1v) is 6.91. The van der Waals surface area contributed by atoms with Crippen molar-refractivity contribution in [3.63, 3.8) is 0 Å². The van der Waals surface area contributed by atoms with Crippen LogP contribution in [0.2, 0.25) is 0 Å². The minimum Gasteiger partial charge on any atom is -0.340 e. The predicted octanol–water partition coefficient (Wildman–Crippen LogP) is 3.31. The fourth-order valence-electron chi connectivity index (χ4n) is 2.01. The highest BCUT2D eigenvalue weighted by molar-refractivity contribution is 9.10. The van der Waals surface area contributed by atoms with Gasteiger partial charge in [0, 0.05) is 30.3 Å². The molecule has 1 saturated carbocycles. The highest BCUT2D eigenvalue weighted by Crippen LogP contribution is 2.30. The largest absolute Gasteiger partial charge is 0.340 e. The Balaban J connectivity index is 2.16. The van der Waals surface area contributed by atoms with Crippen LogP contribution in [0.3, 0.4) is 0 Å². The summed E-state index contributed by atoms with van der Waals surface area (Å²) in [5.74, 6) is 0.853. The van der Waals surface area contributed by atoms with Gasteiger partial charge in [0.15, 0.2) is 0 Å². The molecule has 1 aliphatic carbocycles. The summed E-state index contributed by atoms with van der Waals surface area (Å²) in [5, 5.41) is 0. The highest BCUT2D eigenvalue weighted by atomic mass is 79.9. The molecule has 1 aromatic rings. The molecule has 0 atom stereocenters. The van der Waals surface area contributed by atoms with Gasteiger partial charge in [-0.1, -0.05) is 0 Å². The van der Waals surface area contributed by atoms with Gasteiger partial charge in [0.05, 0.1) is 0 Å². The van der Waals surface area contributed by atoms with Crippen LogP contribution in [0.15, 0.2) is 16.7 Å². The maximum atomic E-state index is 12.3. The topological polar surface area (TPSA) is 25.2 Å². The molecule has 2 rings (SSSR count). The maximum absolute atomic E-state index is 12.3. The number of amides is 1. The summed E-state index contributed by atoms with van der Waals surface area (Å²) in [7, 11) is 1.90. The number of carbonyl (C=O) groups excluding carboxylic acids is 1. The van der Waals surface area contributed by atoms with Gasteiger partial charge in [0.25, 0.3) is 5.91 Å². The molecule has 0 N–H and O–H groups in total. The summed E-state index contributed by atoms with van der Waals surface area (Å²) in [5.41, 5.74) is 0.773. The average molecular weight is 299 g/mol. The van der Waals surface area contributed by atoms with E-state index in [1.165, 1.54) is 12.8 Å². The van der Waals surface area contributed by atoms with E-state index in [9.17, 15) is 4.79 Å². The first-order valence-electron chi connectivity index (χ1n) is 6.12. The number of rotatable bonds is 4. The quantitative estimate of drug-likeness (QED) is 0.837. The van der Waals surface area contributed by atoms with Gasteiger partial charge in [-0.25, -0.2) is 0 Å². The van der Waals surface area contributed by atoms with E-state index in [4.69, 9.17) is 0 Å². The van der Waals surface area contributed by atoms with Crippen molar-refractivity contribution in [2.24, 2.45) is 5.92 Å². The van der Waals surface area contributed by atoms with Crippen LogP contribution in [0.5, 0.6) is 0 Å². The first-order chi connectivity index (χ1) is 7.99. The van der Waals surface area contributed by atoms with Crippen LogP contribution in [0.4, 0.5) is 0 Å². The van der Waals surface area contributed by atoms with Crippen LogP contribution in [-0.2, 0) is 0 Å². The van der Waals surface area contributed by atoms with Gasteiger partial charge in [-0.15, -0.1) is 0 Å². The van der Waals surface area contributed by atoms with E-state index in [-0.39, 0.29) is 5.91 Å². The maximum Gasteiger partial charge on any atom is 0.270 e. The summed E-state index contributed by atoms with van der Waals surface area (Å²) < 4.78 is 2.99. The van der Waals surface area contributed by atoms with Gasteiger partial charge in [-0.05, 0) is 54.6 Å². The second kappa shape index (κ2) is 4.84. The van der Waals surface area contributed by atoms with E-state index >= 15 is 0 Å². The van der Waals surface area contributed by atoms with E-state index in [1.807, 2.05) is 28.8 Å². The minimum atomic E-state index is 0.122. The van der Waals surface area contributed by atoms with Crippen molar-refractivity contribution in [1.82, 2.24) is 9.47 Å². The summed E-state index contributed by atoms with van der Waals surface area (Å²) in [4.78, 5) is 14.2. The van der Waals surface area contributed by atoms with Crippen molar-refractivity contribution < 1.29 is 4.79 Å². The number of halogens is 1. The van der Waals surface area contributed by atoms with Gasteiger partial charge in [0.1, 0.15) is 5.69 Å². The third-order valence-electron chi connectivity index (χ3n) is 3.17. The van der Waals surface area contributed by atoms with Gasteiger partial charge >= 0.3 is 0 Å². The Morgan fingerprint density at radius 2 is 2.24 bits per heavy atom. The van der Waals surface area contributed by atoms with Crippen LogP contribution in [0, 0.1) is 5.92 Å². The first kappa shape index (κ1) is 12.7. The molecule has 0 saturated heterocycles. The standard InChI is InChI=1S/C13H19BrN2O/c1-9(2)16-8-11(14)6-12(16)13(17)15(3)7-10-4-5-10/h6,8-10H,4-5,7H2,1-3H3. The molecular formula is C13H19BrN2O. The average Bonchev–Trinajstić information content (AvgIpc) is 2.97. The fraction of sp³-hybridized carbons (Fsp3) is 0.615. The Bertz CT molecular complexity index is 421. The summed E-state index contributed by atoms with van der Waals surface area (Å²) >= 11 is 3.44. The zero-order chi connectivity index (χ0) is 12.6. The zero-order valence-electron chi connectivity index (χ0n) is 10.6. The van der Waals surface area contributed by atoms with Gasteiger partial charge in [-0.2, -0.15) is 0 Å². The molecule has 1 heterocycles. The molecule has 0 radical (unpaired) electrons. The van der Waals surface area contributed by atoms with Crippen LogP contribution in [-0.4, -0.2) is 29.0 Å². The monoisotopic (exact) mass is 298 g/mol. The summed E-state index contributed by atoms with van der Waals surface area (Å²) in [6.07, 6.45) is 4.52. The van der Waals surface area contributed by atoms with Crippen LogP contribution >= 0.6 is 15.9 Å². The lowest BCUT2D eigenvalue weighted by Gasteiger charge is -2.19. The van der Waals surface area contributed by atoms with E-state index in [0.717, 1.165) is 22.6 Å². The second-order valence-electron chi connectivity index (χ2n) is 5.17. The number of carbonyl (C=O) groups is 1. The molecule has 0 spiro atoms. The van der Waals surface area contributed by atoms with E-state index < -0.39 is 0 Å². The summed E-state index contributed by atoms with van der Waals surface area (Å²) in [6.45, 7) is 5.06. The molecule has 0 aliphatic heterocycles. The fourth-order valence-corrected chi connectivity index (χ4v) is 2.45. The Kier molecular flexibility index (Phi) is 3.61.